The molecule has 1 fully saturated rings. The Morgan fingerprint density at radius 1 is 1.00 bits per heavy atom. The summed E-state index contributed by atoms with van der Waals surface area (Å²) in [5, 5.41) is 2.94. The first kappa shape index (κ1) is 19.9. The zero-order valence-electron chi connectivity index (χ0n) is 16.8. The van der Waals surface area contributed by atoms with Crippen LogP contribution < -0.4 is 15.0 Å². The van der Waals surface area contributed by atoms with Crippen molar-refractivity contribution in [2.75, 3.05) is 36.5 Å². The summed E-state index contributed by atoms with van der Waals surface area (Å²) in [5.41, 5.74) is 1.49. The second kappa shape index (κ2) is 8.98. The van der Waals surface area contributed by atoms with Gasteiger partial charge >= 0.3 is 0 Å². The van der Waals surface area contributed by atoms with Gasteiger partial charge in [0.15, 0.2) is 6.61 Å². The van der Waals surface area contributed by atoms with E-state index in [9.17, 15) is 14.4 Å². The van der Waals surface area contributed by atoms with Gasteiger partial charge in [0.05, 0.1) is 5.69 Å². The molecule has 0 bridgehead atoms. The summed E-state index contributed by atoms with van der Waals surface area (Å²) in [5.74, 6) is 0.437. The van der Waals surface area contributed by atoms with E-state index in [0.717, 1.165) is 5.69 Å². The maximum Gasteiger partial charge on any atom is 0.265 e. The average molecular weight is 407 g/mol. The number of carbonyl (C=O) groups excluding carboxylic acids is 3. The molecule has 2 aromatic rings. The third-order valence-electron chi connectivity index (χ3n) is 5.62. The zero-order chi connectivity index (χ0) is 20.9. The quantitative estimate of drug-likeness (QED) is 0.827. The van der Waals surface area contributed by atoms with Crippen LogP contribution in [0.4, 0.5) is 11.4 Å². The van der Waals surface area contributed by atoms with E-state index in [-0.39, 0.29) is 36.7 Å². The van der Waals surface area contributed by atoms with Crippen LogP contribution in [0.5, 0.6) is 5.75 Å². The Kier molecular flexibility index (Phi) is 5.97. The molecule has 0 unspecified atom stereocenters. The van der Waals surface area contributed by atoms with Gasteiger partial charge in [0.1, 0.15) is 5.75 Å². The van der Waals surface area contributed by atoms with Gasteiger partial charge in [-0.25, -0.2) is 0 Å². The normalized spacial score (nSPS) is 16.6. The first-order valence-corrected chi connectivity index (χ1v) is 10.3. The van der Waals surface area contributed by atoms with Crippen LogP contribution in [0.15, 0.2) is 54.6 Å². The number of benzene rings is 2. The van der Waals surface area contributed by atoms with Gasteiger partial charge in [0.25, 0.3) is 5.91 Å². The molecule has 1 saturated heterocycles. The molecule has 2 aliphatic rings. The SMILES string of the molecule is O=C(Nc1ccccc1)C1CCN(C(=O)CCN2C(=O)COc3ccccc32)CC1. The number of rotatable bonds is 5. The third kappa shape index (κ3) is 4.45. The summed E-state index contributed by atoms with van der Waals surface area (Å²) < 4.78 is 5.44. The molecule has 30 heavy (non-hydrogen) atoms. The lowest BCUT2D eigenvalue weighted by molar-refractivity contribution is -0.134. The van der Waals surface area contributed by atoms with Gasteiger partial charge < -0.3 is 19.9 Å². The van der Waals surface area contributed by atoms with Gasteiger partial charge in [-0.3, -0.25) is 14.4 Å². The first-order chi connectivity index (χ1) is 14.6. The molecule has 2 aliphatic heterocycles. The molecule has 7 heteroatoms. The van der Waals surface area contributed by atoms with E-state index in [4.69, 9.17) is 4.74 Å². The Hall–Kier alpha value is -3.35. The molecule has 3 amide bonds. The summed E-state index contributed by atoms with van der Waals surface area (Å²) in [6.07, 6.45) is 1.54. The molecule has 0 aliphatic carbocycles. The number of para-hydroxylation sites is 3. The average Bonchev–Trinajstić information content (AvgIpc) is 2.79. The molecule has 7 nitrogen and oxygen atoms in total. The van der Waals surface area contributed by atoms with Crippen LogP contribution in [-0.4, -0.2) is 48.9 Å². The van der Waals surface area contributed by atoms with E-state index >= 15 is 0 Å². The van der Waals surface area contributed by atoms with Crippen molar-refractivity contribution in [3.8, 4) is 5.75 Å². The molecule has 0 atom stereocenters. The lowest BCUT2D eigenvalue weighted by Gasteiger charge is -2.33. The van der Waals surface area contributed by atoms with Gasteiger partial charge in [-0.05, 0) is 37.1 Å². The Morgan fingerprint density at radius 2 is 1.70 bits per heavy atom. The summed E-state index contributed by atoms with van der Waals surface area (Å²) in [6.45, 7) is 1.43. The van der Waals surface area contributed by atoms with Crippen molar-refractivity contribution in [2.45, 2.75) is 19.3 Å². The highest BCUT2D eigenvalue weighted by molar-refractivity contribution is 5.98. The van der Waals surface area contributed by atoms with Crippen molar-refractivity contribution in [1.82, 2.24) is 4.90 Å². The molecule has 2 heterocycles. The molecule has 0 radical (unpaired) electrons. The van der Waals surface area contributed by atoms with E-state index in [1.54, 1.807) is 9.80 Å². The van der Waals surface area contributed by atoms with Crippen LogP contribution in [0.3, 0.4) is 0 Å². The number of hydrogen-bond acceptors (Lipinski definition) is 4. The van der Waals surface area contributed by atoms with E-state index in [0.29, 0.717) is 43.9 Å². The smallest absolute Gasteiger partial charge is 0.265 e. The highest BCUT2D eigenvalue weighted by Gasteiger charge is 2.29. The molecule has 2 aromatic carbocycles. The Bertz CT molecular complexity index is 923. The number of hydrogen-bond donors (Lipinski definition) is 1. The number of fused-ring (bicyclic) bond motifs is 1. The summed E-state index contributed by atoms with van der Waals surface area (Å²) in [7, 11) is 0. The number of ether oxygens (including phenoxy) is 1. The minimum Gasteiger partial charge on any atom is -0.482 e. The number of piperidine rings is 1. The second-order valence-corrected chi connectivity index (χ2v) is 7.56. The van der Waals surface area contributed by atoms with Crippen LogP contribution in [0, 0.1) is 5.92 Å². The number of nitrogens with zero attached hydrogens (tertiary/aromatic N) is 2. The van der Waals surface area contributed by atoms with Crippen molar-refractivity contribution in [3.05, 3.63) is 54.6 Å². The number of carbonyl (C=O) groups is 3. The highest BCUT2D eigenvalue weighted by atomic mass is 16.5. The first-order valence-electron chi connectivity index (χ1n) is 10.3. The van der Waals surface area contributed by atoms with Crippen LogP contribution >= 0.6 is 0 Å². The van der Waals surface area contributed by atoms with Crippen molar-refractivity contribution < 1.29 is 19.1 Å². The van der Waals surface area contributed by atoms with Crippen molar-refractivity contribution in [1.29, 1.82) is 0 Å². The fourth-order valence-electron chi connectivity index (χ4n) is 3.92. The summed E-state index contributed by atoms with van der Waals surface area (Å²) >= 11 is 0. The predicted octanol–water partition coefficient (Wildman–Crippen LogP) is 2.68. The topological polar surface area (TPSA) is 79.0 Å². The van der Waals surface area contributed by atoms with Gasteiger partial charge in [0, 0.05) is 37.7 Å². The maximum absolute atomic E-state index is 12.7. The van der Waals surface area contributed by atoms with Crippen molar-refractivity contribution >= 4 is 29.1 Å². The van der Waals surface area contributed by atoms with Crippen LogP contribution in [0.25, 0.3) is 0 Å². The number of nitrogens with one attached hydrogen (secondary N) is 1. The van der Waals surface area contributed by atoms with E-state index in [1.807, 2.05) is 54.6 Å². The van der Waals surface area contributed by atoms with E-state index in [2.05, 4.69) is 5.32 Å². The summed E-state index contributed by atoms with van der Waals surface area (Å²) in [4.78, 5) is 40.8. The lowest BCUT2D eigenvalue weighted by atomic mass is 9.95. The van der Waals surface area contributed by atoms with Gasteiger partial charge in [-0.1, -0.05) is 30.3 Å². The summed E-state index contributed by atoms with van der Waals surface area (Å²) in [6, 6.07) is 16.8. The molecule has 0 aromatic heterocycles. The van der Waals surface area contributed by atoms with Gasteiger partial charge in [-0.2, -0.15) is 0 Å². The highest BCUT2D eigenvalue weighted by Crippen LogP contribution is 2.31. The molecule has 4 rings (SSSR count). The number of likely N-dealkylation sites (tertiary alicyclic amines) is 1. The molecular formula is C23H25N3O4. The standard InChI is InChI=1S/C23H25N3O4/c27-21(12-15-26-19-8-4-5-9-20(19)30-16-22(26)28)25-13-10-17(11-14-25)23(29)24-18-6-2-1-3-7-18/h1-9,17H,10-16H2,(H,24,29). The monoisotopic (exact) mass is 407 g/mol. The molecule has 1 N–H and O–H groups in total. The molecule has 156 valence electrons. The zero-order valence-corrected chi connectivity index (χ0v) is 16.8. The minimum absolute atomic E-state index is 0.00354. The van der Waals surface area contributed by atoms with Crippen molar-refractivity contribution in [3.63, 3.8) is 0 Å². The van der Waals surface area contributed by atoms with Gasteiger partial charge in [-0.15, -0.1) is 0 Å². The lowest BCUT2D eigenvalue weighted by Crippen LogP contribution is -2.44. The Balaban J connectivity index is 1.27. The number of amides is 3. The Morgan fingerprint density at radius 3 is 2.47 bits per heavy atom. The van der Waals surface area contributed by atoms with Gasteiger partial charge in [0.2, 0.25) is 11.8 Å². The molecule has 0 spiro atoms. The Labute approximate surface area is 175 Å². The number of anilines is 2. The van der Waals surface area contributed by atoms with Crippen LogP contribution in [0.1, 0.15) is 19.3 Å². The molecule has 0 saturated carbocycles. The van der Waals surface area contributed by atoms with Crippen LogP contribution in [0.2, 0.25) is 0 Å². The minimum atomic E-state index is -0.141. The predicted molar refractivity (Wildman–Crippen MR) is 113 cm³/mol. The molecular weight excluding hydrogens is 382 g/mol. The fourth-order valence-corrected chi connectivity index (χ4v) is 3.92. The van der Waals surface area contributed by atoms with E-state index in [1.165, 1.54) is 0 Å². The maximum atomic E-state index is 12.7. The van der Waals surface area contributed by atoms with E-state index < -0.39 is 0 Å². The second-order valence-electron chi connectivity index (χ2n) is 7.56. The fraction of sp³-hybridized carbons (Fsp3) is 0.348. The third-order valence-corrected chi connectivity index (χ3v) is 5.62. The van der Waals surface area contributed by atoms with Crippen molar-refractivity contribution in [2.24, 2.45) is 5.92 Å². The van der Waals surface area contributed by atoms with Crippen LogP contribution in [-0.2, 0) is 14.4 Å². The largest absolute Gasteiger partial charge is 0.482 e.